The zero-order valence-corrected chi connectivity index (χ0v) is 14.3. The summed E-state index contributed by atoms with van der Waals surface area (Å²) < 4.78 is 0. The van der Waals surface area contributed by atoms with Crippen LogP contribution in [0.1, 0.15) is 30.4 Å². The molecule has 1 aliphatic rings. The molecule has 4 nitrogen and oxygen atoms in total. The third kappa shape index (κ3) is 4.01. The Morgan fingerprint density at radius 1 is 1.04 bits per heavy atom. The van der Waals surface area contributed by atoms with Crippen molar-refractivity contribution in [1.82, 2.24) is 14.8 Å². The molecule has 0 N–H and O–H groups in total. The molecule has 0 aliphatic carbocycles. The normalized spacial score (nSPS) is 16.8. The van der Waals surface area contributed by atoms with Crippen LogP contribution in [0.3, 0.4) is 0 Å². The Morgan fingerprint density at radius 3 is 2.33 bits per heavy atom. The van der Waals surface area contributed by atoms with Crippen LogP contribution in [0.2, 0.25) is 0 Å². The number of nitrogens with zero attached hydrogens (tertiary/aromatic N) is 3. The predicted molar refractivity (Wildman–Crippen MR) is 95.6 cm³/mol. The topological polar surface area (TPSA) is 36.4 Å². The Bertz CT molecular complexity index is 636. The van der Waals surface area contributed by atoms with Crippen LogP contribution >= 0.6 is 0 Å². The van der Waals surface area contributed by atoms with Gasteiger partial charge in [-0.2, -0.15) is 0 Å². The van der Waals surface area contributed by atoms with Gasteiger partial charge in [0.25, 0.3) is 0 Å². The van der Waals surface area contributed by atoms with E-state index in [0.29, 0.717) is 0 Å². The number of benzene rings is 1. The van der Waals surface area contributed by atoms with Gasteiger partial charge in [-0.15, -0.1) is 0 Å². The number of aromatic nitrogens is 1. The van der Waals surface area contributed by atoms with Gasteiger partial charge in [-0.05, 0) is 29.7 Å². The molecule has 1 unspecified atom stereocenters. The molecule has 4 heteroatoms. The first kappa shape index (κ1) is 16.7. The molecule has 1 fully saturated rings. The Morgan fingerprint density at radius 2 is 1.71 bits per heavy atom. The van der Waals surface area contributed by atoms with Gasteiger partial charge in [-0.25, -0.2) is 0 Å². The highest BCUT2D eigenvalue weighted by Crippen LogP contribution is 2.23. The molecular formula is C20H25N3O. The van der Waals surface area contributed by atoms with E-state index in [1.165, 1.54) is 5.56 Å². The smallest absolute Gasteiger partial charge is 0.230 e. The van der Waals surface area contributed by atoms with Crippen molar-refractivity contribution in [3.63, 3.8) is 0 Å². The van der Waals surface area contributed by atoms with Crippen LogP contribution in [0.5, 0.6) is 0 Å². The Kier molecular flexibility index (Phi) is 5.59. The van der Waals surface area contributed by atoms with Crippen molar-refractivity contribution in [2.75, 3.05) is 26.2 Å². The van der Waals surface area contributed by atoms with Gasteiger partial charge in [0.05, 0.1) is 5.92 Å². The maximum atomic E-state index is 12.9. The maximum Gasteiger partial charge on any atom is 0.230 e. The zero-order chi connectivity index (χ0) is 16.8. The SMILES string of the molecule is CCC(C(=O)N1CCN(Cc2ccncc2)CC1)c1ccccc1. The molecule has 2 aromatic rings. The van der Waals surface area contributed by atoms with Gasteiger partial charge in [0.1, 0.15) is 0 Å². The molecule has 1 atom stereocenters. The average molecular weight is 323 g/mol. The van der Waals surface area contributed by atoms with Gasteiger partial charge >= 0.3 is 0 Å². The standard InChI is InChI=1S/C20H25N3O/c1-2-19(18-6-4-3-5-7-18)20(24)23-14-12-22(13-15-23)16-17-8-10-21-11-9-17/h3-11,19H,2,12-16H2,1H3. The fourth-order valence-electron chi connectivity index (χ4n) is 3.33. The molecule has 0 bridgehead atoms. The lowest BCUT2D eigenvalue weighted by Crippen LogP contribution is -2.49. The summed E-state index contributed by atoms with van der Waals surface area (Å²) in [4.78, 5) is 21.4. The van der Waals surface area contributed by atoms with Crippen molar-refractivity contribution in [3.8, 4) is 0 Å². The van der Waals surface area contributed by atoms with Gasteiger partial charge in [0.15, 0.2) is 0 Å². The molecule has 24 heavy (non-hydrogen) atoms. The molecule has 3 rings (SSSR count). The minimum atomic E-state index is -0.0158. The molecule has 0 saturated carbocycles. The Labute approximate surface area is 144 Å². The number of pyridine rings is 1. The number of hydrogen-bond donors (Lipinski definition) is 0. The highest BCUT2D eigenvalue weighted by Gasteiger charge is 2.27. The zero-order valence-electron chi connectivity index (χ0n) is 14.3. The van der Waals surface area contributed by atoms with E-state index in [1.807, 2.05) is 35.5 Å². The molecule has 2 heterocycles. The lowest BCUT2D eigenvalue weighted by molar-refractivity contribution is -0.134. The fourth-order valence-corrected chi connectivity index (χ4v) is 3.33. The van der Waals surface area contributed by atoms with Gasteiger partial charge in [0.2, 0.25) is 5.91 Å². The summed E-state index contributed by atoms with van der Waals surface area (Å²) in [5.41, 5.74) is 2.41. The van der Waals surface area contributed by atoms with Crippen LogP contribution in [0.15, 0.2) is 54.9 Å². The van der Waals surface area contributed by atoms with E-state index in [9.17, 15) is 4.79 Å². The van der Waals surface area contributed by atoms with Crippen molar-refractivity contribution in [1.29, 1.82) is 0 Å². The van der Waals surface area contributed by atoms with Crippen LogP contribution in [0.4, 0.5) is 0 Å². The van der Waals surface area contributed by atoms with Gasteiger partial charge in [-0.1, -0.05) is 37.3 Å². The first-order valence-electron chi connectivity index (χ1n) is 8.73. The minimum absolute atomic E-state index is 0.0158. The largest absolute Gasteiger partial charge is 0.340 e. The lowest BCUT2D eigenvalue weighted by Gasteiger charge is -2.36. The van der Waals surface area contributed by atoms with Gasteiger partial charge < -0.3 is 4.90 Å². The first-order valence-corrected chi connectivity index (χ1v) is 8.73. The number of amides is 1. The van der Waals surface area contributed by atoms with Gasteiger partial charge in [0, 0.05) is 45.1 Å². The van der Waals surface area contributed by atoms with E-state index in [0.717, 1.165) is 44.7 Å². The van der Waals surface area contributed by atoms with Crippen molar-refractivity contribution in [2.45, 2.75) is 25.8 Å². The van der Waals surface area contributed by atoms with E-state index >= 15 is 0 Å². The molecule has 1 amide bonds. The van der Waals surface area contributed by atoms with E-state index in [1.54, 1.807) is 0 Å². The second-order valence-corrected chi connectivity index (χ2v) is 6.33. The number of carbonyl (C=O) groups is 1. The van der Waals surface area contributed by atoms with E-state index in [-0.39, 0.29) is 11.8 Å². The molecule has 1 aliphatic heterocycles. The van der Waals surface area contributed by atoms with Crippen molar-refractivity contribution < 1.29 is 4.79 Å². The molecule has 0 spiro atoms. The summed E-state index contributed by atoms with van der Waals surface area (Å²) >= 11 is 0. The Balaban J connectivity index is 1.56. The summed E-state index contributed by atoms with van der Waals surface area (Å²) in [6, 6.07) is 14.3. The fraction of sp³-hybridized carbons (Fsp3) is 0.400. The molecule has 1 aromatic carbocycles. The Hall–Kier alpha value is -2.20. The van der Waals surface area contributed by atoms with Crippen LogP contribution in [0, 0.1) is 0 Å². The van der Waals surface area contributed by atoms with Crippen molar-refractivity contribution >= 4 is 5.91 Å². The second-order valence-electron chi connectivity index (χ2n) is 6.33. The third-order valence-corrected chi connectivity index (χ3v) is 4.75. The monoisotopic (exact) mass is 323 g/mol. The lowest BCUT2D eigenvalue weighted by atomic mass is 9.95. The summed E-state index contributed by atoms with van der Waals surface area (Å²) in [6.45, 7) is 6.51. The van der Waals surface area contributed by atoms with Crippen LogP contribution in [-0.2, 0) is 11.3 Å². The first-order chi connectivity index (χ1) is 11.8. The predicted octanol–water partition coefficient (Wildman–Crippen LogP) is 2.92. The van der Waals surface area contributed by atoms with Crippen LogP contribution in [0.25, 0.3) is 0 Å². The number of rotatable bonds is 5. The molecule has 126 valence electrons. The van der Waals surface area contributed by atoms with E-state index in [4.69, 9.17) is 0 Å². The molecule has 1 aromatic heterocycles. The van der Waals surface area contributed by atoms with Gasteiger partial charge in [-0.3, -0.25) is 14.7 Å². The number of piperazine rings is 1. The summed E-state index contributed by atoms with van der Waals surface area (Å²) in [5.74, 6) is 0.255. The highest BCUT2D eigenvalue weighted by atomic mass is 16.2. The number of carbonyl (C=O) groups excluding carboxylic acids is 1. The average Bonchev–Trinajstić information content (AvgIpc) is 2.65. The molecular weight excluding hydrogens is 298 g/mol. The summed E-state index contributed by atoms with van der Waals surface area (Å²) in [6.07, 6.45) is 4.52. The van der Waals surface area contributed by atoms with Crippen LogP contribution in [-0.4, -0.2) is 46.9 Å². The summed E-state index contributed by atoms with van der Waals surface area (Å²) in [5, 5.41) is 0. The summed E-state index contributed by atoms with van der Waals surface area (Å²) in [7, 11) is 0. The quantitative estimate of drug-likeness (QED) is 0.849. The van der Waals surface area contributed by atoms with Crippen LogP contribution < -0.4 is 0 Å². The molecule has 1 saturated heterocycles. The van der Waals surface area contributed by atoms with E-state index < -0.39 is 0 Å². The maximum absolute atomic E-state index is 12.9. The minimum Gasteiger partial charge on any atom is -0.340 e. The number of hydrogen-bond acceptors (Lipinski definition) is 3. The molecule has 0 radical (unpaired) electrons. The third-order valence-electron chi connectivity index (χ3n) is 4.75. The van der Waals surface area contributed by atoms with Crippen molar-refractivity contribution in [2.24, 2.45) is 0 Å². The van der Waals surface area contributed by atoms with Crippen molar-refractivity contribution in [3.05, 3.63) is 66.0 Å². The van der Waals surface area contributed by atoms with E-state index in [2.05, 4.69) is 41.1 Å². The highest BCUT2D eigenvalue weighted by molar-refractivity contribution is 5.83. The second kappa shape index (κ2) is 8.06.